The highest BCUT2D eigenvalue weighted by Gasteiger charge is 2.21. The highest BCUT2D eigenvalue weighted by molar-refractivity contribution is 5.02. The second-order valence-electron chi connectivity index (χ2n) is 6.60. The quantitative estimate of drug-likeness (QED) is 0.724. The van der Waals surface area contributed by atoms with E-state index in [4.69, 9.17) is 9.84 Å². The molecule has 2 fully saturated rings. The van der Waals surface area contributed by atoms with E-state index < -0.39 is 0 Å². The van der Waals surface area contributed by atoms with Crippen molar-refractivity contribution in [3.8, 4) is 0 Å². The van der Waals surface area contributed by atoms with E-state index in [1.165, 1.54) is 12.8 Å². The molecule has 0 bridgehead atoms. The van der Waals surface area contributed by atoms with Crippen LogP contribution in [0.2, 0.25) is 0 Å². The van der Waals surface area contributed by atoms with Crippen molar-refractivity contribution >= 4 is 0 Å². The van der Waals surface area contributed by atoms with Crippen LogP contribution in [0.3, 0.4) is 0 Å². The number of nitrogens with zero attached hydrogens (tertiary/aromatic N) is 3. The van der Waals surface area contributed by atoms with Crippen LogP contribution in [-0.2, 0) is 11.2 Å². The maximum atomic E-state index is 8.71. The Bertz CT molecular complexity index is 389. The number of hydrogen-bond donors (Lipinski definition) is 1. The van der Waals surface area contributed by atoms with Crippen LogP contribution in [0.5, 0.6) is 0 Å². The molecule has 0 aromatic carbocycles. The van der Waals surface area contributed by atoms with Crippen LogP contribution in [0.4, 0.5) is 0 Å². The van der Waals surface area contributed by atoms with Crippen LogP contribution in [-0.4, -0.2) is 79.0 Å². The third kappa shape index (κ3) is 23.3. The van der Waals surface area contributed by atoms with E-state index >= 15 is 0 Å². The Morgan fingerprint density at radius 3 is 1.70 bits per heavy atom. The molecule has 2 aliphatic heterocycles. The number of rotatable bonds is 3. The topological polar surface area (TPSA) is 48.8 Å². The minimum atomic E-state index is -0.0278. The van der Waals surface area contributed by atoms with Crippen molar-refractivity contribution in [2.75, 3.05) is 53.0 Å². The molecule has 3 heterocycles. The molecule has 0 radical (unpaired) electrons. The second-order valence-corrected chi connectivity index (χ2v) is 6.60. The van der Waals surface area contributed by atoms with Gasteiger partial charge in [-0.25, -0.2) is 0 Å². The molecular formula is C25H53N3O2. The molecule has 3 rings (SSSR count). The summed E-state index contributed by atoms with van der Waals surface area (Å²) in [5.74, 6) is 0. The number of unbranched alkanes of at least 4 members (excludes halogenated alkanes) is 1. The summed E-state index contributed by atoms with van der Waals surface area (Å²) in [6.07, 6.45) is 5.46. The fourth-order valence-corrected chi connectivity index (χ4v) is 2.06. The van der Waals surface area contributed by atoms with Gasteiger partial charge in [0.05, 0.1) is 19.3 Å². The Balaban J connectivity index is -0.000000313. The van der Waals surface area contributed by atoms with Crippen LogP contribution in [0.25, 0.3) is 0 Å². The zero-order chi connectivity index (χ0) is 23.6. The Morgan fingerprint density at radius 1 is 0.967 bits per heavy atom. The van der Waals surface area contributed by atoms with E-state index in [2.05, 4.69) is 49.5 Å². The van der Waals surface area contributed by atoms with Crippen LogP contribution in [0.15, 0.2) is 24.4 Å². The van der Waals surface area contributed by atoms with E-state index in [1.807, 2.05) is 52.1 Å². The van der Waals surface area contributed by atoms with Crippen LogP contribution in [0.1, 0.15) is 73.9 Å². The lowest BCUT2D eigenvalue weighted by Crippen LogP contribution is -2.50. The Morgan fingerprint density at radius 2 is 1.50 bits per heavy atom. The van der Waals surface area contributed by atoms with E-state index in [0.717, 1.165) is 58.1 Å². The lowest BCUT2D eigenvalue weighted by atomic mass is 10.2. The first-order chi connectivity index (χ1) is 14.6. The van der Waals surface area contributed by atoms with Crippen LogP contribution >= 0.6 is 0 Å². The molecule has 30 heavy (non-hydrogen) atoms. The summed E-state index contributed by atoms with van der Waals surface area (Å²) in [7, 11) is 2.11. The number of likely N-dealkylation sites (tertiary alicyclic amines) is 1. The number of hydrogen-bond acceptors (Lipinski definition) is 5. The van der Waals surface area contributed by atoms with E-state index in [0.29, 0.717) is 0 Å². The molecule has 0 amide bonds. The minimum Gasteiger partial charge on any atom is -0.390 e. The number of aryl methyl sites for hydroxylation is 1. The number of aliphatic hydroxyl groups excluding tert-OH is 1. The fraction of sp³-hybridized carbons (Fsp3) is 0.800. The van der Waals surface area contributed by atoms with Gasteiger partial charge in [-0.15, -0.1) is 0 Å². The molecule has 0 atom stereocenters. The second kappa shape index (κ2) is 28.0. The van der Waals surface area contributed by atoms with Gasteiger partial charge < -0.3 is 14.7 Å². The number of β-amino-alcohol motifs (C(OH)–C–C–N with tert-alkyl or cyclic N) is 1. The Hall–Kier alpha value is -1.01. The molecule has 2 aliphatic rings. The van der Waals surface area contributed by atoms with Gasteiger partial charge in [-0.3, -0.25) is 9.88 Å². The van der Waals surface area contributed by atoms with Gasteiger partial charge in [0.25, 0.3) is 0 Å². The van der Waals surface area contributed by atoms with Crippen LogP contribution < -0.4 is 0 Å². The third-order valence-corrected chi connectivity index (χ3v) is 4.21. The number of morpholine rings is 1. The molecule has 1 N–H and O–H groups in total. The molecule has 1 aromatic heterocycles. The first kappa shape index (κ1) is 33.6. The molecule has 5 heteroatoms. The zero-order valence-electron chi connectivity index (χ0n) is 21.7. The number of aliphatic hydroxyl groups is 1. The van der Waals surface area contributed by atoms with Gasteiger partial charge in [-0.05, 0) is 32.1 Å². The number of aromatic nitrogens is 1. The SMILES string of the molecule is CC.CC.CCCC.CCN1CC(O)C1.CCc1ccccn1.CN1CCOCC1. The van der Waals surface area contributed by atoms with Gasteiger partial charge in [0, 0.05) is 38.1 Å². The molecule has 180 valence electrons. The molecule has 0 spiro atoms. The number of ether oxygens (including phenoxy) is 1. The molecular weight excluding hydrogens is 374 g/mol. The lowest BCUT2D eigenvalue weighted by Gasteiger charge is -2.34. The maximum Gasteiger partial charge on any atom is 0.0793 e. The minimum absolute atomic E-state index is 0.0278. The van der Waals surface area contributed by atoms with Crippen molar-refractivity contribution in [3.63, 3.8) is 0 Å². The predicted molar refractivity (Wildman–Crippen MR) is 133 cm³/mol. The van der Waals surface area contributed by atoms with Crippen molar-refractivity contribution in [2.24, 2.45) is 0 Å². The van der Waals surface area contributed by atoms with Crippen molar-refractivity contribution in [1.82, 2.24) is 14.8 Å². The summed E-state index contributed by atoms with van der Waals surface area (Å²) >= 11 is 0. The van der Waals surface area contributed by atoms with Gasteiger partial charge in [-0.1, -0.05) is 74.3 Å². The monoisotopic (exact) mass is 427 g/mol. The lowest BCUT2D eigenvalue weighted by molar-refractivity contribution is 0.00577. The number of pyridine rings is 1. The van der Waals surface area contributed by atoms with E-state index in [9.17, 15) is 0 Å². The van der Waals surface area contributed by atoms with E-state index in [1.54, 1.807) is 0 Å². The molecule has 0 saturated carbocycles. The van der Waals surface area contributed by atoms with Crippen molar-refractivity contribution in [1.29, 1.82) is 0 Å². The summed E-state index contributed by atoms with van der Waals surface area (Å²) < 4.78 is 5.10. The van der Waals surface area contributed by atoms with Gasteiger partial charge in [-0.2, -0.15) is 0 Å². The maximum absolute atomic E-state index is 8.71. The third-order valence-electron chi connectivity index (χ3n) is 4.21. The summed E-state index contributed by atoms with van der Waals surface area (Å²) in [6, 6.07) is 5.96. The predicted octanol–water partition coefficient (Wildman–Crippen LogP) is 5.13. The largest absolute Gasteiger partial charge is 0.390 e. The van der Waals surface area contributed by atoms with Gasteiger partial charge in [0.1, 0.15) is 0 Å². The smallest absolute Gasteiger partial charge is 0.0793 e. The summed E-state index contributed by atoms with van der Waals surface area (Å²) in [6.45, 7) is 23.4. The Kier molecular flexibility index (Phi) is 31.4. The van der Waals surface area contributed by atoms with Gasteiger partial charge in [0.2, 0.25) is 0 Å². The first-order valence-electron chi connectivity index (χ1n) is 12.1. The van der Waals surface area contributed by atoms with Crippen molar-refractivity contribution in [3.05, 3.63) is 30.1 Å². The molecule has 0 aliphatic carbocycles. The highest BCUT2D eigenvalue weighted by Crippen LogP contribution is 2.04. The Labute approximate surface area is 188 Å². The average Bonchev–Trinajstić information content (AvgIpc) is 2.81. The van der Waals surface area contributed by atoms with Crippen molar-refractivity contribution in [2.45, 2.75) is 80.8 Å². The van der Waals surface area contributed by atoms with Crippen molar-refractivity contribution < 1.29 is 9.84 Å². The normalized spacial score (nSPS) is 15.5. The zero-order valence-corrected chi connectivity index (χ0v) is 21.7. The van der Waals surface area contributed by atoms with E-state index in [-0.39, 0.29) is 6.10 Å². The van der Waals surface area contributed by atoms with Crippen LogP contribution in [0, 0.1) is 0 Å². The fourth-order valence-electron chi connectivity index (χ4n) is 2.06. The molecule has 0 unspecified atom stereocenters. The standard InChI is InChI=1S/C7H9N.2C5H11NO.C4H10.2C2H6/c1-2-7-5-3-4-6-8-7;1-6-2-4-7-5-3-6;1-2-6-3-5(7)4-6;1-3-4-2;2*1-2/h3-6H,2H2,1H3;2-5H2,1H3;5,7H,2-4H2,1H3;3-4H2,1-2H3;2*1-2H3. The molecule has 1 aromatic rings. The molecule has 5 nitrogen and oxygen atoms in total. The average molecular weight is 428 g/mol. The highest BCUT2D eigenvalue weighted by atomic mass is 16.5. The summed E-state index contributed by atoms with van der Waals surface area (Å²) in [4.78, 5) is 8.56. The number of likely N-dealkylation sites (N-methyl/N-ethyl adjacent to an activating group) is 2. The molecule has 2 saturated heterocycles. The van der Waals surface area contributed by atoms with Gasteiger partial charge >= 0.3 is 0 Å². The first-order valence-corrected chi connectivity index (χ1v) is 12.1. The summed E-state index contributed by atoms with van der Waals surface area (Å²) in [5, 5.41) is 8.71. The summed E-state index contributed by atoms with van der Waals surface area (Å²) in [5.41, 5.74) is 1.16. The van der Waals surface area contributed by atoms with Gasteiger partial charge in [0.15, 0.2) is 0 Å².